The molecule has 0 amide bonds. The van der Waals surface area contributed by atoms with Gasteiger partial charge in [-0.25, -0.2) is 0 Å². The van der Waals surface area contributed by atoms with Gasteiger partial charge in [-0.3, -0.25) is 0 Å². The second kappa shape index (κ2) is 9.34. The van der Waals surface area contributed by atoms with Gasteiger partial charge in [0.25, 0.3) is 0 Å². The van der Waals surface area contributed by atoms with E-state index in [1.54, 1.807) is 0 Å². The first-order valence-corrected chi connectivity index (χ1v) is 9.48. The molecule has 0 unspecified atom stereocenters. The van der Waals surface area contributed by atoms with E-state index < -0.39 is 0 Å². The van der Waals surface area contributed by atoms with Crippen LogP contribution in [0.15, 0.2) is 12.2 Å². The number of allylic oxidation sites excluding steroid dienone is 2. The van der Waals surface area contributed by atoms with E-state index in [9.17, 15) is 0 Å². The van der Waals surface area contributed by atoms with Crippen LogP contribution in [-0.4, -0.2) is 0 Å². The molecule has 0 atom stereocenters. The molecule has 0 nitrogen and oxygen atoms in total. The summed E-state index contributed by atoms with van der Waals surface area (Å²) in [6, 6.07) is 0. The van der Waals surface area contributed by atoms with E-state index in [4.69, 9.17) is 0 Å². The number of hydrogen-bond donors (Lipinski definition) is 0. The lowest BCUT2D eigenvalue weighted by atomic mass is 9.69. The molecule has 0 radical (unpaired) electrons. The average Bonchev–Trinajstić information content (AvgIpc) is 2.54. The van der Waals surface area contributed by atoms with Crippen LogP contribution in [0, 0.1) is 35.5 Å². The van der Waals surface area contributed by atoms with Crippen molar-refractivity contribution in [2.45, 2.75) is 84.5 Å². The van der Waals surface area contributed by atoms with Gasteiger partial charge in [0.05, 0.1) is 0 Å². The molecule has 0 bridgehead atoms. The van der Waals surface area contributed by atoms with Gasteiger partial charge in [-0.2, -0.15) is 0 Å². The van der Waals surface area contributed by atoms with Gasteiger partial charge in [-0.05, 0) is 75.5 Å². The zero-order valence-corrected chi connectivity index (χ0v) is 14.2. The summed E-state index contributed by atoms with van der Waals surface area (Å²) < 4.78 is 0. The summed E-state index contributed by atoms with van der Waals surface area (Å²) in [6.07, 6.45) is 20.0. The summed E-state index contributed by atoms with van der Waals surface area (Å²) in [4.78, 5) is 0. The maximum Gasteiger partial charge on any atom is 0.0203 e. The molecular formula is C21H34. The van der Waals surface area contributed by atoms with Gasteiger partial charge >= 0.3 is 0 Å². The molecule has 0 heteroatoms. The molecule has 0 N–H and O–H groups in total. The van der Waals surface area contributed by atoms with Crippen molar-refractivity contribution in [3.63, 3.8) is 0 Å². The van der Waals surface area contributed by atoms with E-state index >= 15 is 0 Å². The second-order valence-electron chi connectivity index (χ2n) is 7.18. The van der Waals surface area contributed by atoms with Crippen molar-refractivity contribution >= 4 is 0 Å². The van der Waals surface area contributed by atoms with Crippen LogP contribution in [-0.2, 0) is 0 Å². The Morgan fingerprint density at radius 3 is 2.05 bits per heavy atom. The smallest absolute Gasteiger partial charge is 0.0203 e. The largest absolute Gasteiger partial charge is 0.103 e. The fourth-order valence-electron chi connectivity index (χ4n) is 4.25. The molecular weight excluding hydrogens is 252 g/mol. The molecule has 0 aliphatic heterocycles. The normalized spacial score (nSPS) is 33.6. The van der Waals surface area contributed by atoms with Crippen molar-refractivity contribution in [3.05, 3.63) is 12.2 Å². The lowest BCUT2D eigenvalue weighted by Gasteiger charge is -2.36. The Kier molecular flexibility index (Phi) is 7.42. The van der Waals surface area contributed by atoms with Gasteiger partial charge in [0.2, 0.25) is 0 Å². The van der Waals surface area contributed by atoms with Crippen LogP contribution in [0.1, 0.15) is 84.5 Å². The fourth-order valence-corrected chi connectivity index (χ4v) is 4.25. The monoisotopic (exact) mass is 286 g/mol. The Bertz CT molecular complexity index is 351. The molecule has 0 aromatic rings. The minimum Gasteiger partial charge on any atom is -0.103 e. The summed E-state index contributed by atoms with van der Waals surface area (Å²) in [7, 11) is 0. The summed E-state index contributed by atoms with van der Waals surface area (Å²) in [6.45, 7) is 4.43. The molecule has 0 heterocycles. The maximum absolute atomic E-state index is 3.47. The molecule has 0 saturated heterocycles. The van der Waals surface area contributed by atoms with E-state index in [2.05, 4.69) is 37.8 Å². The van der Waals surface area contributed by atoms with Gasteiger partial charge in [-0.15, -0.1) is 5.92 Å². The summed E-state index contributed by atoms with van der Waals surface area (Å²) in [5, 5.41) is 0. The third kappa shape index (κ3) is 5.54. The van der Waals surface area contributed by atoms with Crippen molar-refractivity contribution in [1.82, 2.24) is 0 Å². The van der Waals surface area contributed by atoms with Gasteiger partial charge in [0, 0.05) is 12.3 Å². The first-order valence-electron chi connectivity index (χ1n) is 9.48. The molecule has 0 aromatic heterocycles. The Morgan fingerprint density at radius 1 is 0.857 bits per heavy atom. The van der Waals surface area contributed by atoms with Gasteiger partial charge in [0.1, 0.15) is 0 Å². The van der Waals surface area contributed by atoms with Crippen LogP contribution in [0.4, 0.5) is 0 Å². The van der Waals surface area contributed by atoms with Gasteiger partial charge < -0.3 is 0 Å². The highest BCUT2D eigenvalue weighted by Crippen LogP contribution is 2.41. The van der Waals surface area contributed by atoms with E-state index in [0.717, 1.165) is 30.1 Å². The average molecular weight is 287 g/mol. The van der Waals surface area contributed by atoms with Crippen LogP contribution in [0.2, 0.25) is 0 Å². The molecule has 2 aliphatic carbocycles. The van der Waals surface area contributed by atoms with E-state index in [1.807, 2.05) is 0 Å². The van der Waals surface area contributed by atoms with Crippen LogP contribution in [0.3, 0.4) is 0 Å². The molecule has 2 aliphatic rings. The van der Waals surface area contributed by atoms with Crippen LogP contribution in [0.5, 0.6) is 0 Å². The highest BCUT2D eigenvalue weighted by Gasteiger charge is 2.29. The minimum atomic E-state index is 0.717. The number of unbranched alkanes of at least 4 members (excludes halogenated alkanes) is 1. The van der Waals surface area contributed by atoms with E-state index in [0.29, 0.717) is 0 Å². The third-order valence-corrected chi connectivity index (χ3v) is 5.60. The highest BCUT2D eigenvalue weighted by atomic mass is 14.3. The summed E-state index contributed by atoms with van der Waals surface area (Å²) in [5.41, 5.74) is 0. The topological polar surface area (TPSA) is 0 Å². The predicted octanol–water partition coefficient (Wildman–Crippen LogP) is 6.37. The Hall–Kier alpha value is -0.700. The van der Waals surface area contributed by atoms with Crippen LogP contribution < -0.4 is 0 Å². The molecule has 2 fully saturated rings. The predicted molar refractivity (Wildman–Crippen MR) is 93.0 cm³/mol. The van der Waals surface area contributed by atoms with E-state index in [1.165, 1.54) is 64.2 Å². The minimum absolute atomic E-state index is 0.717. The van der Waals surface area contributed by atoms with Crippen LogP contribution in [0.25, 0.3) is 0 Å². The van der Waals surface area contributed by atoms with Crippen molar-refractivity contribution < 1.29 is 0 Å². The second-order valence-corrected chi connectivity index (χ2v) is 7.18. The molecule has 0 aromatic carbocycles. The molecule has 0 spiro atoms. The Morgan fingerprint density at radius 2 is 1.48 bits per heavy atom. The number of rotatable bonds is 4. The number of hydrogen-bond acceptors (Lipinski definition) is 0. The third-order valence-electron chi connectivity index (χ3n) is 5.60. The fraction of sp³-hybridized carbons (Fsp3) is 0.810. The highest BCUT2D eigenvalue weighted by molar-refractivity contribution is 5.04. The first kappa shape index (κ1) is 16.7. The maximum atomic E-state index is 3.47. The quantitative estimate of drug-likeness (QED) is 0.416. The zero-order chi connectivity index (χ0) is 14.9. The molecule has 118 valence electrons. The lowest BCUT2D eigenvalue weighted by Crippen LogP contribution is -2.25. The van der Waals surface area contributed by atoms with Crippen molar-refractivity contribution in [2.24, 2.45) is 23.7 Å². The van der Waals surface area contributed by atoms with Gasteiger partial charge in [-0.1, -0.05) is 38.3 Å². The SMILES string of the molecule is CCC#C[C@H]1CC[C@H](C2CCC(/C=C/CCC)CC2)CC1. The molecule has 2 saturated carbocycles. The zero-order valence-electron chi connectivity index (χ0n) is 14.2. The van der Waals surface area contributed by atoms with Crippen LogP contribution >= 0.6 is 0 Å². The van der Waals surface area contributed by atoms with Crippen molar-refractivity contribution in [2.75, 3.05) is 0 Å². The van der Waals surface area contributed by atoms with Crippen molar-refractivity contribution in [3.8, 4) is 11.8 Å². The van der Waals surface area contributed by atoms with Gasteiger partial charge in [0.15, 0.2) is 0 Å². The Labute approximate surface area is 132 Å². The lowest BCUT2D eigenvalue weighted by molar-refractivity contribution is 0.168. The first-order chi connectivity index (χ1) is 10.3. The standard InChI is InChI=1S/C21H34/c1-3-5-7-9-19-12-16-21(17-13-19)20-14-10-18(11-15-20)8-6-4-2/h7,9,18-21H,3-5,10-17H2,1-2H3/b9-7+/t18-,19?,20-,21?. The van der Waals surface area contributed by atoms with Crippen molar-refractivity contribution in [1.29, 1.82) is 0 Å². The molecule has 2 rings (SSSR count). The Balaban J connectivity index is 1.69. The summed E-state index contributed by atoms with van der Waals surface area (Å²) in [5.74, 6) is 10.4. The van der Waals surface area contributed by atoms with E-state index in [-0.39, 0.29) is 0 Å². The summed E-state index contributed by atoms with van der Waals surface area (Å²) >= 11 is 0. The molecule has 21 heavy (non-hydrogen) atoms.